The Morgan fingerprint density at radius 1 is 1.37 bits per heavy atom. The molecular formula is C12H16N2O4S. The van der Waals surface area contributed by atoms with Crippen molar-refractivity contribution in [2.45, 2.75) is 24.7 Å². The van der Waals surface area contributed by atoms with E-state index in [2.05, 4.69) is 0 Å². The fraction of sp³-hybridized carbons (Fsp3) is 0.417. The van der Waals surface area contributed by atoms with Crippen molar-refractivity contribution in [3.05, 3.63) is 29.3 Å². The zero-order valence-corrected chi connectivity index (χ0v) is 11.4. The van der Waals surface area contributed by atoms with Gasteiger partial charge < -0.3 is 5.73 Å². The van der Waals surface area contributed by atoms with Crippen molar-refractivity contribution in [3.63, 3.8) is 0 Å². The number of nitrogens with zero attached hydrogens (tertiary/aromatic N) is 1. The summed E-state index contributed by atoms with van der Waals surface area (Å²) in [6.45, 7) is 2.41. The van der Waals surface area contributed by atoms with Crippen LogP contribution in [0.5, 0.6) is 0 Å². The van der Waals surface area contributed by atoms with Crippen LogP contribution in [-0.2, 0) is 14.9 Å². The average molecular weight is 284 g/mol. The Morgan fingerprint density at radius 3 is 2.68 bits per heavy atom. The van der Waals surface area contributed by atoms with Crippen molar-refractivity contribution >= 4 is 15.9 Å². The first-order chi connectivity index (χ1) is 8.93. The minimum absolute atomic E-state index is 0.0220. The molecule has 1 aliphatic rings. The Morgan fingerprint density at radius 2 is 2.11 bits per heavy atom. The summed E-state index contributed by atoms with van der Waals surface area (Å²) in [4.78, 5) is 16.4. The van der Waals surface area contributed by atoms with E-state index in [0.717, 1.165) is 17.3 Å². The second kappa shape index (κ2) is 5.28. The number of aryl methyl sites for hydroxylation is 1. The highest BCUT2D eigenvalue weighted by Gasteiger charge is 2.28. The van der Waals surface area contributed by atoms with Crippen LogP contribution in [0.15, 0.2) is 23.1 Å². The van der Waals surface area contributed by atoms with E-state index in [0.29, 0.717) is 18.7 Å². The molecule has 0 bridgehead atoms. The normalized spacial score (nSPS) is 17.3. The van der Waals surface area contributed by atoms with Crippen LogP contribution in [0.3, 0.4) is 0 Å². The van der Waals surface area contributed by atoms with Gasteiger partial charge in [-0.15, -0.1) is 0 Å². The van der Waals surface area contributed by atoms with Crippen LogP contribution >= 0.6 is 0 Å². The summed E-state index contributed by atoms with van der Waals surface area (Å²) in [5.74, 6) is -0.644. The van der Waals surface area contributed by atoms with Crippen LogP contribution in [0.1, 0.15) is 28.8 Å². The first-order valence-corrected chi connectivity index (χ1v) is 7.43. The van der Waals surface area contributed by atoms with Gasteiger partial charge in [-0.05, 0) is 37.5 Å². The zero-order chi connectivity index (χ0) is 14.0. The predicted molar refractivity (Wildman–Crippen MR) is 68.8 cm³/mol. The van der Waals surface area contributed by atoms with Crippen LogP contribution < -0.4 is 5.73 Å². The second-order valence-corrected chi connectivity index (χ2v) is 6.24. The lowest BCUT2D eigenvalue weighted by Crippen LogP contribution is -2.35. The maximum atomic E-state index is 12.3. The Hall–Kier alpha value is -1.44. The first-order valence-electron chi connectivity index (χ1n) is 5.99. The summed E-state index contributed by atoms with van der Waals surface area (Å²) >= 11 is 0. The Bertz CT molecular complexity index is 592. The monoisotopic (exact) mass is 284 g/mol. The molecule has 0 radical (unpaired) electrons. The third kappa shape index (κ3) is 2.78. The Balaban J connectivity index is 2.40. The number of hydroxylamine groups is 1. The highest BCUT2D eigenvalue weighted by atomic mass is 32.2. The van der Waals surface area contributed by atoms with Gasteiger partial charge in [0.15, 0.2) is 0 Å². The number of carbonyl (C=O) groups is 1. The summed E-state index contributed by atoms with van der Waals surface area (Å²) in [6, 6.07) is 4.32. The predicted octanol–water partition coefficient (Wildman–Crippen LogP) is 0.810. The smallest absolute Gasteiger partial charge is 0.265 e. The van der Waals surface area contributed by atoms with E-state index < -0.39 is 15.9 Å². The molecular weight excluding hydrogens is 268 g/mol. The molecule has 1 heterocycles. The lowest BCUT2D eigenvalue weighted by atomic mass is 10.1. The number of sulfonamides is 1. The fourth-order valence-corrected chi connectivity index (χ4v) is 3.23. The molecule has 6 nitrogen and oxygen atoms in total. The van der Waals surface area contributed by atoms with Crippen molar-refractivity contribution in [2.24, 2.45) is 5.73 Å². The molecule has 1 aromatic carbocycles. The highest BCUT2D eigenvalue weighted by Crippen LogP contribution is 2.22. The molecule has 0 aromatic heterocycles. The highest BCUT2D eigenvalue weighted by molar-refractivity contribution is 7.89. The minimum atomic E-state index is -3.73. The number of amides is 1. The van der Waals surface area contributed by atoms with Gasteiger partial charge in [0, 0.05) is 12.1 Å². The van der Waals surface area contributed by atoms with Crippen LogP contribution in [0, 0.1) is 6.92 Å². The molecule has 0 saturated carbocycles. The molecule has 0 spiro atoms. The number of rotatable bonds is 3. The van der Waals surface area contributed by atoms with E-state index >= 15 is 0 Å². The quantitative estimate of drug-likeness (QED) is 0.889. The van der Waals surface area contributed by atoms with Gasteiger partial charge in [-0.2, -0.15) is 0 Å². The molecule has 1 saturated heterocycles. The maximum Gasteiger partial charge on any atom is 0.265 e. The summed E-state index contributed by atoms with van der Waals surface area (Å²) in [5, 5.41) is 0. The zero-order valence-electron chi connectivity index (χ0n) is 10.6. The molecule has 0 unspecified atom stereocenters. The van der Waals surface area contributed by atoms with Crippen molar-refractivity contribution in [1.29, 1.82) is 0 Å². The summed E-state index contributed by atoms with van der Waals surface area (Å²) in [6.07, 6.45) is 1.60. The van der Waals surface area contributed by atoms with Crippen molar-refractivity contribution < 1.29 is 18.0 Å². The third-order valence-corrected chi connectivity index (χ3v) is 4.68. The molecule has 2 N–H and O–H groups in total. The van der Waals surface area contributed by atoms with Gasteiger partial charge in [0.1, 0.15) is 0 Å². The molecule has 1 aliphatic heterocycles. The molecule has 1 aromatic rings. The Kier molecular flexibility index (Phi) is 3.88. The molecule has 1 amide bonds. The first kappa shape index (κ1) is 14.0. The third-order valence-electron chi connectivity index (χ3n) is 3.01. The van der Waals surface area contributed by atoms with Crippen molar-refractivity contribution in [3.8, 4) is 0 Å². The van der Waals surface area contributed by atoms with Crippen LogP contribution in [-0.4, -0.2) is 31.9 Å². The van der Waals surface area contributed by atoms with E-state index in [1.807, 2.05) is 0 Å². The van der Waals surface area contributed by atoms with Crippen LogP contribution in [0.4, 0.5) is 0 Å². The van der Waals surface area contributed by atoms with E-state index in [1.54, 1.807) is 13.0 Å². The Labute approximate surface area is 112 Å². The van der Waals surface area contributed by atoms with Gasteiger partial charge >= 0.3 is 0 Å². The second-order valence-electron chi connectivity index (χ2n) is 4.41. The number of hydrogen-bond acceptors (Lipinski definition) is 4. The number of benzene rings is 1. The van der Waals surface area contributed by atoms with Crippen molar-refractivity contribution in [1.82, 2.24) is 4.47 Å². The van der Waals surface area contributed by atoms with Crippen LogP contribution in [0.2, 0.25) is 0 Å². The number of hydrogen-bond donors (Lipinski definition) is 1. The average Bonchev–Trinajstić information content (AvgIpc) is 2.39. The summed E-state index contributed by atoms with van der Waals surface area (Å²) in [5.41, 5.74) is 6.08. The number of nitrogens with two attached hydrogens (primary N) is 1. The van der Waals surface area contributed by atoms with E-state index in [4.69, 9.17) is 10.6 Å². The van der Waals surface area contributed by atoms with E-state index in [9.17, 15) is 13.2 Å². The van der Waals surface area contributed by atoms with Crippen LogP contribution in [0.25, 0.3) is 0 Å². The molecule has 0 atom stereocenters. The lowest BCUT2D eigenvalue weighted by Gasteiger charge is -2.25. The number of carbonyl (C=O) groups excluding carboxylic acids is 1. The van der Waals surface area contributed by atoms with Gasteiger partial charge in [-0.25, -0.2) is 8.42 Å². The molecule has 19 heavy (non-hydrogen) atoms. The number of primary amides is 1. The molecule has 7 heteroatoms. The van der Waals surface area contributed by atoms with Gasteiger partial charge in [0.25, 0.3) is 10.0 Å². The molecule has 1 fully saturated rings. The topological polar surface area (TPSA) is 89.7 Å². The molecule has 0 aliphatic carbocycles. The standard InChI is InChI=1S/C12H16N2O4S/c1-9-4-5-10(8-11(9)12(13)15)19(16,17)14-6-2-3-7-18-14/h4-5,8H,2-3,6-7H2,1H3,(H2,13,15). The lowest BCUT2D eigenvalue weighted by molar-refractivity contribution is -0.108. The largest absolute Gasteiger partial charge is 0.366 e. The summed E-state index contributed by atoms with van der Waals surface area (Å²) < 4.78 is 25.6. The minimum Gasteiger partial charge on any atom is -0.366 e. The van der Waals surface area contributed by atoms with Gasteiger partial charge in [0.2, 0.25) is 5.91 Å². The van der Waals surface area contributed by atoms with Gasteiger partial charge in [-0.1, -0.05) is 10.5 Å². The van der Waals surface area contributed by atoms with E-state index in [-0.39, 0.29) is 10.5 Å². The van der Waals surface area contributed by atoms with E-state index in [1.165, 1.54) is 12.1 Å². The fourth-order valence-electron chi connectivity index (χ4n) is 1.91. The SMILES string of the molecule is Cc1ccc(S(=O)(=O)N2CCCCO2)cc1C(N)=O. The summed E-state index contributed by atoms with van der Waals surface area (Å²) in [7, 11) is -3.73. The maximum absolute atomic E-state index is 12.3. The molecule has 104 valence electrons. The van der Waals surface area contributed by atoms with Crippen molar-refractivity contribution in [2.75, 3.05) is 13.2 Å². The van der Waals surface area contributed by atoms with Gasteiger partial charge in [-0.3, -0.25) is 9.63 Å². The molecule has 2 rings (SSSR count). The van der Waals surface area contributed by atoms with Gasteiger partial charge in [0.05, 0.1) is 11.5 Å².